The standard InChI is InChI=1S/C18H16ClN3O3S/c1-24-15-7-3-6-14(9-15)20-16(23)10-26-11-17-21-18(22-25-17)12-4-2-5-13(19)8-12/h2-9H,10-11H2,1H3,(H,20,23). The Morgan fingerprint density at radius 2 is 2.12 bits per heavy atom. The number of hydrogen-bond donors (Lipinski definition) is 1. The fourth-order valence-corrected chi connectivity index (χ4v) is 3.03. The van der Waals surface area contributed by atoms with Crippen LogP contribution in [0.5, 0.6) is 5.75 Å². The zero-order chi connectivity index (χ0) is 18.4. The second-order valence-electron chi connectivity index (χ2n) is 5.30. The van der Waals surface area contributed by atoms with E-state index in [0.29, 0.717) is 33.9 Å². The average Bonchev–Trinajstić information content (AvgIpc) is 3.11. The fourth-order valence-electron chi connectivity index (χ4n) is 2.19. The predicted molar refractivity (Wildman–Crippen MR) is 103 cm³/mol. The lowest BCUT2D eigenvalue weighted by Crippen LogP contribution is -2.14. The molecule has 3 aromatic rings. The summed E-state index contributed by atoms with van der Waals surface area (Å²) in [5, 5.41) is 7.37. The molecule has 1 aromatic heterocycles. The molecule has 0 unspecified atom stereocenters. The molecule has 134 valence electrons. The van der Waals surface area contributed by atoms with Crippen LogP contribution in [-0.2, 0) is 10.5 Å². The Kier molecular flexibility index (Phi) is 6.14. The zero-order valence-electron chi connectivity index (χ0n) is 13.9. The van der Waals surface area contributed by atoms with Crippen LogP contribution in [0.1, 0.15) is 5.89 Å². The number of anilines is 1. The van der Waals surface area contributed by atoms with Crippen molar-refractivity contribution in [1.82, 2.24) is 10.1 Å². The van der Waals surface area contributed by atoms with E-state index in [1.165, 1.54) is 11.8 Å². The average molecular weight is 390 g/mol. The van der Waals surface area contributed by atoms with Gasteiger partial charge in [-0.25, -0.2) is 0 Å². The minimum atomic E-state index is -0.113. The fraction of sp³-hybridized carbons (Fsp3) is 0.167. The van der Waals surface area contributed by atoms with Gasteiger partial charge in [0, 0.05) is 22.3 Å². The molecule has 2 aromatic carbocycles. The van der Waals surface area contributed by atoms with Crippen molar-refractivity contribution in [2.24, 2.45) is 0 Å². The first-order valence-corrected chi connectivity index (χ1v) is 9.27. The monoisotopic (exact) mass is 389 g/mol. The van der Waals surface area contributed by atoms with Crippen LogP contribution < -0.4 is 10.1 Å². The summed E-state index contributed by atoms with van der Waals surface area (Å²) in [6, 6.07) is 14.4. The number of nitrogens with one attached hydrogen (secondary N) is 1. The number of carbonyl (C=O) groups is 1. The summed E-state index contributed by atoms with van der Waals surface area (Å²) in [4.78, 5) is 16.3. The van der Waals surface area contributed by atoms with Crippen molar-refractivity contribution in [2.45, 2.75) is 5.75 Å². The summed E-state index contributed by atoms with van der Waals surface area (Å²) < 4.78 is 10.3. The summed E-state index contributed by atoms with van der Waals surface area (Å²) in [7, 11) is 1.58. The summed E-state index contributed by atoms with van der Waals surface area (Å²) >= 11 is 7.35. The van der Waals surface area contributed by atoms with Gasteiger partial charge in [-0.05, 0) is 24.3 Å². The highest BCUT2D eigenvalue weighted by molar-refractivity contribution is 7.99. The highest BCUT2D eigenvalue weighted by Crippen LogP contribution is 2.21. The second kappa shape index (κ2) is 8.73. The first-order chi connectivity index (χ1) is 12.6. The number of amides is 1. The number of rotatable bonds is 7. The lowest BCUT2D eigenvalue weighted by Gasteiger charge is -2.06. The Hall–Kier alpha value is -2.51. The Balaban J connectivity index is 1.49. The SMILES string of the molecule is COc1cccc(NC(=O)CSCc2nc(-c3cccc(Cl)c3)no2)c1. The Bertz CT molecular complexity index is 901. The molecule has 0 radical (unpaired) electrons. The smallest absolute Gasteiger partial charge is 0.236 e. The van der Waals surface area contributed by atoms with Gasteiger partial charge in [-0.2, -0.15) is 4.98 Å². The number of aromatic nitrogens is 2. The molecule has 1 heterocycles. The largest absolute Gasteiger partial charge is 0.497 e. The van der Waals surface area contributed by atoms with E-state index in [9.17, 15) is 4.79 Å². The van der Waals surface area contributed by atoms with Crippen LogP contribution in [0, 0.1) is 0 Å². The highest BCUT2D eigenvalue weighted by Gasteiger charge is 2.10. The van der Waals surface area contributed by atoms with Crippen molar-refractivity contribution in [3.8, 4) is 17.1 Å². The molecular weight excluding hydrogens is 374 g/mol. The Morgan fingerprint density at radius 1 is 1.27 bits per heavy atom. The molecule has 8 heteroatoms. The normalized spacial score (nSPS) is 10.5. The first-order valence-electron chi connectivity index (χ1n) is 7.74. The number of nitrogens with zero attached hydrogens (tertiary/aromatic N) is 2. The molecule has 0 aliphatic heterocycles. The maximum absolute atomic E-state index is 12.0. The first kappa shape index (κ1) is 18.3. The van der Waals surface area contributed by atoms with E-state index in [0.717, 1.165) is 5.56 Å². The number of hydrogen-bond acceptors (Lipinski definition) is 6. The van der Waals surface area contributed by atoms with Crippen LogP contribution in [0.2, 0.25) is 5.02 Å². The van der Waals surface area contributed by atoms with E-state index in [4.69, 9.17) is 20.9 Å². The number of carbonyl (C=O) groups excluding carboxylic acids is 1. The topological polar surface area (TPSA) is 77.2 Å². The van der Waals surface area contributed by atoms with Crippen LogP contribution in [0.4, 0.5) is 5.69 Å². The van der Waals surface area contributed by atoms with Crippen molar-refractivity contribution >= 4 is 35.0 Å². The maximum atomic E-state index is 12.0. The lowest BCUT2D eigenvalue weighted by atomic mass is 10.2. The second-order valence-corrected chi connectivity index (χ2v) is 6.72. The van der Waals surface area contributed by atoms with Crippen LogP contribution in [0.25, 0.3) is 11.4 Å². The van der Waals surface area contributed by atoms with Gasteiger partial charge in [-0.1, -0.05) is 35.0 Å². The molecule has 6 nitrogen and oxygen atoms in total. The van der Waals surface area contributed by atoms with Gasteiger partial charge in [-0.15, -0.1) is 11.8 Å². The summed E-state index contributed by atoms with van der Waals surface area (Å²) in [5.74, 6) is 2.22. The van der Waals surface area contributed by atoms with E-state index in [1.54, 1.807) is 31.4 Å². The molecule has 0 saturated heterocycles. The van der Waals surface area contributed by atoms with E-state index in [-0.39, 0.29) is 11.7 Å². The number of methoxy groups -OCH3 is 1. The van der Waals surface area contributed by atoms with Gasteiger partial charge in [0.25, 0.3) is 0 Å². The van der Waals surface area contributed by atoms with Gasteiger partial charge in [0.15, 0.2) is 0 Å². The van der Waals surface area contributed by atoms with E-state index < -0.39 is 0 Å². The van der Waals surface area contributed by atoms with Crippen molar-refractivity contribution in [1.29, 1.82) is 0 Å². The van der Waals surface area contributed by atoms with E-state index in [2.05, 4.69) is 15.5 Å². The molecular formula is C18H16ClN3O3S. The molecule has 0 fully saturated rings. The highest BCUT2D eigenvalue weighted by atomic mass is 35.5. The van der Waals surface area contributed by atoms with Gasteiger partial charge in [0.1, 0.15) is 5.75 Å². The molecule has 3 rings (SSSR count). The molecule has 0 aliphatic rings. The van der Waals surface area contributed by atoms with Crippen LogP contribution in [-0.4, -0.2) is 28.9 Å². The summed E-state index contributed by atoms with van der Waals surface area (Å²) in [5.41, 5.74) is 1.48. The summed E-state index contributed by atoms with van der Waals surface area (Å²) in [6.07, 6.45) is 0. The van der Waals surface area contributed by atoms with Gasteiger partial charge in [0.2, 0.25) is 17.6 Å². The predicted octanol–water partition coefficient (Wildman–Crippen LogP) is 4.27. The van der Waals surface area contributed by atoms with Crippen molar-refractivity contribution in [2.75, 3.05) is 18.2 Å². The lowest BCUT2D eigenvalue weighted by molar-refractivity contribution is -0.113. The molecule has 26 heavy (non-hydrogen) atoms. The molecule has 1 amide bonds. The van der Waals surface area contributed by atoms with Crippen LogP contribution in [0.3, 0.4) is 0 Å². The minimum absolute atomic E-state index is 0.113. The zero-order valence-corrected chi connectivity index (χ0v) is 15.5. The molecule has 0 spiro atoms. The third kappa shape index (κ3) is 5.00. The molecule has 0 atom stereocenters. The van der Waals surface area contributed by atoms with Crippen molar-refractivity contribution in [3.63, 3.8) is 0 Å². The molecule has 0 aliphatic carbocycles. The quantitative estimate of drug-likeness (QED) is 0.650. The van der Waals surface area contributed by atoms with Crippen LogP contribution in [0.15, 0.2) is 53.1 Å². The number of ether oxygens (including phenoxy) is 1. The van der Waals surface area contributed by atoms with Gasteiger partial charge in [-0.3, -0.25) is 4.79 Å². The maximum Gasteiger partial charge on any atom is 0.236 e. The number of thioether (sulfide) groups is 1. The number of benzene rings is 2. The Morgan fingerprint density at radius 3 is 2.92 bits per heavy atom. The third-order valence-corrected chi connectivity index (χ3v) is 4.52. The minimum Gasteiger partial charge on any atom is -0.497 e. The van der Waals surface area contributed by atoms with E-state index >= 15 is 0 Å². The van der Waals surface area contributed by atoms with Crippen molar-refractivity contribution < 1.29 is 14.1 Å². The summed E-state index contributed by atoms with van der Waals surface area (Å²) in [6.45, 7) is 0. The third-order valence-electron chi connectivity index (χ3n) is 3.36. The van der Waals surface area contributed by atoms with Gasteiger partial charge < -0.3 is 14.6 Å². The Labute approximate surface area is 159 Å². The van der Waals surface area contributed by atoms with E-state index in [1.807, 2.05) is 24.3 Å². The van der Waals surface area contributed by atoms with Crippen LogP contribution >= 0.6 is 23.4 Å². The number of halogens is 1. The molecule has 0 bridgehead atoms. The molecule has 0 saturated carbocycles. The molecule has 1 N–H and O–H groups in total. The van der Waals surface area contributed by atoms with Gasteiger partial charge in [0.05, 0.1) is 18.6 Å². The van der Waals surface area contributed by atoms with Crippen molar-refractivity contribution in [3.05, 3.63) is 59.4 Å². The van der Waals surface area contributed by atoms with Gasteiger partial charge >= 0.3 is 0 Å².